The molecule has 108 valence electrons. The molecule has 0 atom stereocenters. The zero-order valence-corrected chi connectivity index (χ0v) is 14.3. The number of nitrogens with zero attached hydrogens (tertiary/aromatic N) is 2. The number of hydrogen-bond acceptors (Lipinski definition) is 5. The lowest BCUT2D eigenvalue weighted by Gasteiger charge is -2.10. The van der Waals surface area contributed by atoms with Crippen molar-refractivity contribution in [2.24, 2.45) is 0 Å². The van der Waals surface area contributed by atoms with Gasteiger partial charge in [0.25, 0.3) is 0 Å². The average Bonchev–Trinajstić information content (AvgIpc) is 2.92. The Bertz CT molecular complexity index is 822. The van der Waals surface area contributed by atoms with Crippen molar-refractivity contribution < 1.29 is 9.47 Å². The Kier molecular flexibility index (Phi) is 4.01. The van der Waals surface area contributed by atoms with E-state index in [2.05, 4.69) is 25.9 Å². The van der Waals surface area contributed by atoms with Crippen LogP contribution in [0.5, 0.6) is 11.5 Å². The molecule has 3 aromatic rings. The SMILES string of the molecule is COc1cc2nc(-c3csc(Br)c3)nc(Cl)c2cc1OC. The normalized spacial score (nSPS) is 10.9. The first-order chi connectivity index (χ1) is 10.1. The second-order valence-corrected chi connectivity index (χ2v) is 6.85. The lowest BCUT2D eigenvalue weighted by atomic mass is 10.2. The maximum Gasteiger partial charge on any atom is 0.162 e. The van der Waals surface area contributed by atoms with Crippen LogP contribution in [0.1, 0.15) is 0 Å². The van der Waals surface area contributed by atoms with Crippen LogP contribution in [-0.4, -0.2) is 24.2 Å². The predicted molar refractivity (Wildman–Crippen MR) is 88.7 cm³/mol. The summed E-state index contributed by atoms with van der Waals surface area (Å²) in [5.41, 5.74) is 1.63. The van der Waals surface area contributed by atoms with Gasteiger partial charge in [0.15, 0.2) is 17.3 Å². The molecule has 21 heavy (non-hydrogen) atoms. The molecule has 0 spiro atoms. The fraction of sp³-hybridized carbons (Fsp3) is 0.143. The minimum atomic E-state index is 0.387. The fourth-order valence-corrected chi connectivity index (χ4v) is 3.34. The molecule has 0 saturated carbocycles. The molecule has 7 heteroatoms. The second kappa shape index (κ2) is 5.79. The van der Waals surface area contributed by atoms with E-state index in [0.29, 0.717) is 28.0 Å². The summed E-state index contributed by atoms with van der Waals surface area (Å²) in [4.78, 5) is 8.92. The van der Waals surface area contributed by atoms with Crippen molar-refractivity contribution in [1.29, 1.82) is 0 Å². The summed E-state index contributed by atoms with van der Waals surface area (Å²) < 4.78 is 11.6. The Hall–Kier alpha value is -1.37. The number of aromatic nitrogens is 2. The van der Waals surface area contributed by atoms with E-state index in [1.807, 2.05) is 11.4 Å². The number of methoxy groups -OCH3 is 2. The van der Waals surface area contributed by atoms with Gasteiger partial charge in [-0.05, 0) is 28.1 Å². The van der Waals surface area contributed by atoms with Gasteiger partial charge < -0.3 is 9.47 Å². The van der Waals surface area contributed by atoms with Gasteiger partial charge in [0.05, 0.1) is 23.5 Å². The van der Waals surface area contributed by atoms with Gasteiger partial charge in [-0.25, -0.2) is 9.97 Å². The third-order valence-electron chi connectivity index (χ3n) is 2.98. The summed E-state index contributed by atoms with van der Waals surface area (Å²) in [6.45, 7) is 0. The van der Waals surface area contributed by atoms with E-state index in [4.69, 9.17) is 21.1 Å². The van der Waals surface area contributed by atoms with Crippen LogP contribution in [0.4, 0.5) is 0 Å². The monoisotopic (exact) mass is 384 g/mol. The lowest BCUT2D eigenvalue weighted by molar-refractivity contribution is 0.356. The summed E-state index contributed by atoms with van der Waals surface area (Å²) in [6.07, 6.45) is 0. The van der Waals surface area contributed by atoms with Crippen molar-refractivity contribution in [3.05, 3.63) is 32.5 Å². The minimum Gasteiger partial charge on any atom is -0.493 e. The van der Waals surface area contributed by atoms with Crippen LogP contribution in [0.3, 0.4) is 0 Å². The van der Waals surface area contributed by atoms with Crippen LogP contribution in [0.2, 0.25) is 5.15 Å². The van der Waals surface area contributed by atoms with Crippen molar-refractivity contribution >= 4 is 49.8 Å². The highest BCUT2D eigenvalue weighted by Crippen LogP contribution is 2.35. The molecule has 0 unspecified atom stereocenters. The Morgan fingerprint density at radius 1 is 1.10 bits per heavy atom. The number of hydrogen-bond donors (Lipinski definition) is 0. The van der Waals surface area contributed by atoms with Crippen LogP contribution in [-0.2, 0) is 0 Å². The van der Waals surface area contributed by atoms with E-state index in [0.717, 1.165) is 14.7 Å². The van der Waals surface area contributed by atoms with E-state index in [9.17, 15) is 0 Å². The van der Waals surface area contributed by atoms with Crippen LogP contribution in [0.25, 0.3) is 22.3 Å². The molecule has 0 aliphatic rings. The van der Waals surface area contributed by atoms with Crippen molar-refractivity contribution in [2.45, 2.75) is 0 Å². The Labute approximate surface area is 138 Å². The standard InChI is InChI=1S/C14H10BrClN2O2S/c1-19-10-4-8-9(5-11(10)20-2)17-14(18-13(8)16)7-3-12(15)21-6-7/h3-6H,1-2H3. The first-order valence-electron chi connectivity index (χ1n) is 5.96. The molecule has 0 saturated heterocycles. The van der Waals surface area contributed by atoms with Gasteiger partial charge in [-0.15, -0.1) is 11.3 Å². The first-order valence-corrected chi connectivity index (χ1v) is 8.01. The first kappa shape index (κ1) is 14.6. The van der Waals surface area contributed by atoms with E-state index in [1.54, 1.807) is 37.7 Å². The molecule has 0 N–H and O–H groups in total. The maximum atomic E-state index is 6.29. The number of fused-ring (bicyclic) bond motifs is 1. The zero-order chi connectivity index (χ0) is 15.0. The second-order valence-electron chi connectivity index (χ2n) is 4.20. The van der Waals surface area contributed by atoms with Crippen molar-refractivity contribution in [3.63, 3.8) is 0 Å². The van der Waals surface area contributed by atoms with Gasteiger partial charge in [0, 0.05) is 22.4 Å². The number of halogens is 2. The molecule has 1 aromatic carbocycles. The largest absolute Gasteiger partial charge is 0.493 e. The summed E-state index contributed by atoms with van der Waals surface area (Å²) in [7, 11) is 3.17. The molecule has 2 aromatic heterocycles. The number of ether oxygens (including phenoxy) is 2. The third kappa shape index (κ3) is 2.71. The highest BCUT2D eigenvalue weighted by atomic mass is 79.9. The summed E-state index contributed by atoms with van der Waals surface area (Å²) in [5, 5.41) is 3.09. The van der Waals surface area contributed by atoms with Crippen LogP contribution in [0, 0.1) is 0 Å². The summed E-state index contributed by atoms with van der Waals surface area (Å²) in [6, 6.07) is 5.54. The van der Waals surface area contributed by atoms with E-state index < -0.39 is 0 Å². The molecular weight excluding hydrogens is 376 g/mol. The van der Waals surface area contributed by atoms with Gasteiger partial charge in [0.1, 0.15) is 5.15 Å². The van der Waals surface area contributed by atoms with Crippen molar-refractivity contribution in [3.8, 4) is 22.9 Å². The average molecular weight is 386 g/mol. The van der Waals surface area contributed by atoms with Crippen molar-refractivity contribution in [1.82, 2.24) is 9.97 Å². The molecule has 3 rings (SSSR count). The number of benzene rings is 1. The quantitative estimate of drug-likeness (QED) is 0.608. The highest BCUT2D eigenvalue weighted by Gasteiger charge is 2.13. The Morgan fingerprint density at radius 3 is 2.43 bits per heavy atom. The molecule has 0 radical (unpaired) electrons. The van der Waals surface area contributed by atoms with Gasteiger partial charge in [0.2, 0.25) is 0 Å². The maximum absolute atomic E-state index is 6.29. The van der Waals surface area contributed by atoms with Crippen molar-refractivity contribution in [2.75, 3.05) is 14.2 Å². The van der Waals surface area contributed by atoms with Crippen LogP contribution in [0.15, 0.2) is 27.4 Å². The summed E-state index contributed by atoms with van der Waals surface area (Å²) in [5.74, 6) is 1.79. The molecular formula is C14H10BrClN2O2S. The molecule has 0 fully saturated rings. The van der Waals surface area contributed by atoms with Gasteiger partial charge in [-0.1, -0.05) is 11.6 Å². The van der Waals surface area contributed by atoms with Gasteiger partial charge in [-0.2, -0.15) is 0 Å². The topological polar surface area (TPSA) is 44.2 Å². The number of thiophene rings is 1. The van der Waals surface area contributed by atoms with Crippen LogP contribution >= 0.6 is 38.9 Å². The van der Waals surface area contributed by atoms with Gasteiger partial charge in [-0.3, -0.25) is 0 Å². The Balaban J connectivity index is 2.23. The smallest absolute Gasteiger partial charge is 0.162 e. The van der Waals surface area contributed by atoms with E-state index in [-0.39, 0.29) is 0 Å². The molecule has 4 nitrogen and oxygen atoms in total. The van der Waals surface area contributed by atoms with E-state index in [1.165, 1.54) is 0 Å². The molecule has 0 amide bonds. The van der Waals surface area contributed by atoms with Crippen LogP contribution < -0.4 is 9.47 Å². The molecule has 0 aliphatic carbocycles. The summed E-state index contributed by atoms with van der Waals surface area (Å²) >= 11 is 11.3. The highest BCUT2D eigenvalue weighted by molar-refractivity contribution is 9.11. The number of rotatable bonds is 3. The predicted octanol–water partition coefficient (Wildman–Crippen LogP) is 4.79. The van der Waals surface area contributed by atoms with E-state index >= 15 is 0 Å². The minimum absolute atomic E-state index is 0.387. The van der Waals surface area contributed by atoms with Gasteiger partial charge >= 0.3 is 0 Å². The molecule has 0 aliphatic heterocycles. The fourth-order valence-electron chi connectivity index (χ4n) is 1.97. The zero-order valence-electron chi connectivity index (χ0n) is 11.2. The Morgan fingerprint density at radius 2 is 1.81 bits per heavy atom. The molecule has 0 bridgehead atoms. The third-order valence-corrected chi connectivity index (χ3v) is 4.77. The lowest BCUT2D eigenvalue weighted by Crippen LogP contribution is -1.95. The molecule has 2 heterocycles.